The van der Waals surface area contributed by atoms with E-state index in [-0.39, 0.29) is 0 Å². The second kappa shape index (κ2) is 7.67. The Kier molecular flexibility index (Phi) is 5.62. The highest BCUT2D eigenvalue weighted by molar-refractivity contribution is 6.30. The second-order valence-electron chi connectivity index (χ2n) is 4.75. The molecule has 0 aliphatic heterocycles. The molecule has 2 aromatic carbocycles. The highest BCUT2D eigenvalue weighted by atomic mass is 35.5. The van der Waals surface area contributed by atoms with Gasteiger partial charge in [0.2, 0.25) is 0 Å². The van der Waals surface area contributed by atoms with Crippen molar-refractivity contribution in [3.8, 4) is 0 Å². The molecule has 0 heterocycles. The van der Waals surface area contributed by atoms with Crippen molar-refractivity contribution < 1.29 is 19.1 Å². The first-order valence-corrected chi connectivity index (χ1v) is 7.17. The minimum Gasteiger partial charge on any atom is -0.456 e. The standard InChI is InChI=1S/C17H14ClNO4/c18-13-8-6-11(7-9-13)14(20)10-23-17(22)15(19)16(21)12-4-2-1-3-5-12/h1-9,15H,10,19H2. The lowest BCUT2D eigenvalue weighted by Crippen LogP contribution is -2.40. The van der Waals surface area contributed by atoms with Crippen LogP contribution in [0.1, 0.15) is 20.7 Å². The van der Waals surface area contributed by atoms with E-state index in [1.54, 1.807) is 42.5 Å². The Labute approximate surface area is 138 Å². The van der Waals surface area contributed by atoms with E-state index >= 15 is 0 Å². The highest BCUT2D eigenvalue weighted by Crippen LogP contribution is 2.10. The number of halogens is 1. The van der Waals surface area contributed by atoms with Crippen molar-refractivity contribution in [2.45, 2.75) is 6.04 Å². The summed E-state index contributed by atoms with van der Waals surface area (Å²) in [4.78, 5) is 35.7. The van der Waals surface area contributed by atoms with Crippen LogP contribution in [-0.2, 0) is 9.53 Å². The van der Waals surface area contributed by atoms with E-state index in [0.29, 0.717) is 16.1 Å². The third kappa shape index (κ3) is 4.48. The highest BCUT2D eigenvalue weighted by Gasteiger charge is 2.25. The molecule has 0 bridgehead atoms. The Morgan fingerprint density at radius 1 is 0.957 bits per heavy atom. The van der Waals surface area contributed by atoms with Gasteiger partial charge in [0.1, 0.15) is 0 Å². The van der Waals surface area contributed by atoms with Crippen LogP contribution >= 0.6 is 11.6 Å². The third-order valence-corrected chi connectivity index (χ3v) is 3.36. The number of rotatable bonds is 6. The van der Waals surface area contributed by atoms with Crippen molar-refractivity contribution in [1.82, 2.24) is 0 Å². The van der Waals surface area contributed by atoms with Gasteiger partial charge in [-0.05, 0) is 24.3 Å². The zero-order valence-corrected chi connectivity index (χ0v) is 12.8. The van der Waals surface area contributed by atoms with Crippen LogP contribution in [0.3, 0.4) is 0 Å². The van der Waals surface area contributed by atoms with Crippen LogP contribution < -0.4 is 5.73 Å². The molecule has 0 aromatic heterocycles. The molecule has 2 N–H and O–H groups in total. The molecule has 0 saturated carbocycles. The van der Waals surface area contributed by atoms with Crippen molar-refractivity contribution >= 4 is 29.1 Å². The Bertz CT molecular complexity index is 713. The average molecular weight is 332 g/mol. The zero-order valence-electron chi connectivity index (χ0n) is 12.1. The lowest BCUT2D eigenvalue weighted by molar-refractivity contribution is -0.142. The van der Waals surface area contributed by atoms with Crippen LogP contribution in [0.4, 0.5) is 0 Å². The number of carbonyl (C=O) groups is 3. The lowest BCUT2D eigenvalue weighted by Gasteiger charge is -2.10. The van der Waals surface area contributed by atoms with Gasteiger partial charge in [-0.15, -0.1) is 0 Å². The Morgan fingerprint density at radius 2 is 1.57 bits per heavy atom. The van der Waals surface area contributed by atoms with Gasteiger partial charge < -0.3 is 10.5 Å². The molecule has 2 aromatic rings. The molecule has 1 unspecified atom stereocenters. The number of benzene rings is 2. The first-order valence-electron chi connectivity index (χ1n) is 6.79. The van der Waals surface area contributed by atoms with Crippen molar-refractivity contribution in [3.63, 3.8) is 0 Å². The monoisotopic (exact) mass is 331 g/mol. The van der Waals surface area contributed by atoms with Gasteiger partial charge in [-0.3, -0.25) is 9.59 Å². The van der Waals surface area contributed by atoms with Crippen molar-refractivity contribution in [2.75, 3.05) is 6.61 Å². The minimum atomic E-state index is -1.46. The normalized spacial score (nSPS) is 11.6. The number of Topliss-reactive ketones (excluding diaryl/α,β-unsaturated/α-hetero) is 2. The number of ketones is 2. The Balaban J connectivity index is 1.92. The van der Waals surface area contributed by atoms with Gasteiger partial charge in [-0.1, -0.05) is 41.9 Å². The van der Waals surface area contributed by atoms with E-state index in [9.17, 15) is 14.4 Å². The molecule has 0 radical (unpaired) electrons. The van der Waals surface area contributed by atoms with E-state index in [0.717, 1.165) is 0 Å². The van der Waals surface area contributed by atoms with E-state index in [1.165, 1.54) is 12.1 Å². The first-order chi connectivity index (χ1) is 11.0. The van der Waals surface area contributed by atoms with E-state index in [4.69, 9.17) is 22.1 Å². The minimum absolute atomic E-state index is 0.306. The maximum atomic E-state index is 12.0. The maximum Gasteiger partial charge on any atom is 0.331 e. The summed E-state index contributed by atoms with van der Waals surface area (Å²) in [6, 6.07) is 12.9. The smallest absolute Gasteiger partial charge is 0.331 e. The molecule has 5 nitrogen and oxygen atoms in total. The Hall–Kier alpha value is -2.50. The predicted octanol–water partition coefficient (Wildman–Crippen LogP) is 2.28. The summed E-state index contributed by atoms with van der Waals surface area (Å²) in [6.07, 6.45) is 0. The average Bonchev–Trinajstić information content (AvgIpc) is 2.59. The molecule has 0 aliphatic carbocycles. The van der Waals surface area contributed by atoms with Gasteiger partial charge in [-0.2, -0.15) is 0 Å². The van der Waals surface area contributed by atoms with E-state index in [1.807, 2.05) is 0 Å². The number of ether oxygens (including phenoxy) is 1. The SMILES string of the molecule is NC(C(=O)OCC(=O)c1ccc(Cl)cc1)C(=O)c1ccccc1. The van der Waals surface area contributed by atoms with Crippen LogP contribution in [-0.4, -0.2) is 30.2 Å². The fourth-order valence-corrected chi connectivity index (χ4v) is 1.96. The summed E-state index contributed by atoms with van der Waals surface area (Å²) in [6.45, 7) is -0.490. The molecule has 1 atom stereocenters. The van der Waals surface area contributed by atoms with Crippen molar-refractivity contribution in [2.24, 2.45) is 5.73 Å². The molecule has 6 heteroatoms. The van der Waals surface area contributed by atoms with Crippen LogP contribution in [0.15, 0.2) is 54.6 Å². The summed E-state index contributed by atoms with van der Waals surface area (Å²) in [5.41, 5.74) is 6.24. The van der Waals surface area contributed by atoms with Gasteiger partial charge in [0.25, 0.3) is 0 Å². The lowest BCUT2D eigenvalue weighted by atomic mass is 10.1. The Morgan fingerprint density at radius 3 is 2.17 bits per heavy atom. The van der Waals surface area contributed by atoms with Gasteiger partial charge in [0.15, 0.2) is 24.2 Å². The van der Waals surface area contributed by atoms with E-state index < -0.39 is 30.2 Å². The van der Waals surface area contributed by atoms with Crippen LogP contribution in [0.25, 0.3) is 0 Å². The van der Waals surface area contributed by atoms with Crippen LogP contribution in [0, 0.1) is 0 Å². The molecule has 0 amide bonds. The van der Waals surface area contributed by atoms with Crippen molar-refractivity contribution in [3.05, 3.63) is 70.7 Å². The number of carbonyl (C=O) groups excluding carboxylic acids is 3. The molecule has 0 spiro atoms. The maximum absolute atomic E-state index is 12.0. The van der Waals surface area contributed by atoms with Crippen molar-refractivity contribution in [1.29, 1.82) is 0 Å². The molecular weight excluding hydrogens is 318 g/mol. The summed E-state index contributed by atoms with van der Waals surface area (Å²) in [7, 11) is 0. The zero-order chi connectivity index (χ0) is 16.8. The molecular formula is C17H14ClNO4. The second-order valence-corrected chi connectivity index (χ2v) is 5.18. The number of nitrogens with two attached hydrogens (primary N) is 1. The summed E-state index contributed by atoms with van der Waals surface area (Å²) >= 11 is 5.73. The molecule has 0 fully saturated rings. The fraction of sp³-hybridized carbons (Fsp3) is 0.118. The summed E-state index contributed by atoms with van der Waals surface area (Å²) in [5.74, 6) is -1.91. The molecule has 2 rings (SSSR count). The molecule has 118 valence electrons. The number of esters is 1. The van der Waals surface area contributed by atoms with Gasteiger partial charge >= 0.3 is 5.97 Å². The molecule has 0 saturated heterocycles. The first kappa shape index (κ1) is 16.9. The van der Waals surface area contributed by atoms with Gasteiger partial charge in [-0.25, -0.2) is 4.79 Å². The van der Waals surface area contributed by atoms with Gasteiger partial charge in [0.05, 0.1) is 0 Å². The predicted molar refractivity (Wildman–Crippen MR) is 85.5 cm³/mol. The topological polar surface area (TPSA) is 86.5 Å². The summed E-state index contributed by atoms with van der Waals surface area (Å²) in [5, 5.41) is 0.494. The third-order valence-electron chi connectivity index (χ3n) is 3.11. The van der Waals surface area contributed by atoms with E-state index in [2.05, 4.69) is 0 Å². The van der Waals surface area contributed by atoms with Crippen LogP contribution in [0.2, 0.25) is 5.02 Å². The van der Waals surface area contributed by atoms with Crippen LogP contribution in [0.5, 0.6) is 0 Å². The number of hydrogen-bond donors (Lipinski definition) is 1. The van der Waals surface area contributed by atoms with Gasteiger partial charge in [0, 0.05) is 16.1 Å². The largest absolute Gasteiger partial charge is 0.456 e. The number of hydrogen-bond acceptors (Lipinski definition) is 5. The summed E-state index contributed by atoms with van der Waals surface area (Å²) < 4.78 is 4.83. The quantitative estimate of drug-likeness (QED) is 0.498. The molecule has 0 aliphatic rings. The molecule has 23 heavy (non-hydrogen) atoms. The fourth-order valence-electron chi connectivity index (χ4n) is 1.83.